The Morgan fingerprint density at radius 2 is 2.04 bits per heavy atom. The highest BCUT2D eigenvalue weighted by Gasteiger charge is 2.04. The van der Waals surface area contributed by atoms with Gasteiger partial charge in [0, 0.05) is 21.9 Å². The summed E-state index contributed by atoms with van der Waals surface area (Å²) in [7, 11) is 0. The molecule has 2 aromatic heterocycles. The normalized spacial score (nSPS) is 11.5. The van der Waals surface area contributed by atoms with Crippen molar-refractivity contribution in [3.05, 3.63) is 58.0 Å². The number of H-pyrrole nitrogens is 1. The SMILES string of the molecule is CCNC(=NCc1cccc(-c2ncn[nH]2)c1)NCc1ccc(CC)s1. The zero-order valence-corrected chi connectivity index (χ0v) is 15.9. The maximum absolute atomic E-state index is 4.70. The fourth-order valence-electron chi connectivity index (χ4n) is 2.55. The molecule has 26 heavy (non-hydrogen) atoms. The van der Waals surface area contributed by atoms with Gasteiger partial charge in [-0.15, -0.1) is 11.3 Å². The minimum Gasteiger partial charge on any atom is -0.357 e. The predicted octanol–water partition coefficient (Wildman–Crippen LogP) is 3.35. The van der Waals surface area contributed by atoms with Crippen LogP contribution in [0.15, 0.2) is 47.7 Å². The summed E-state index contributed by atoms with van der Waals surface area (Å²) in [6.07, 6.45) is 2.60. The second-order valence-electron chi connectivity index (χ2n) is 5.80. The maximum atomic E-state index is 4.70. The van der Waals surface area contributed by atoms with E-state index in [1.54, 1.807) is 0 Å². The molecule has 1 aromatic carbocycles. The molecule has 0 atom stereocenters. The number of nitrogens with zero attached hydrogens (tertiary/aromatic N) is 3. The Kier molecular flexibility index (Phi) is 6.38. The minimum atomic E-state index is 0.599. The first-order valence-electron chi connectivity index (χ1n) is 8.83. The van der Waals surface area contributed by atoms with Crippen LogP contribution in [0, 0.1) is 0 Å². The van der Waals surface area contributed by atoms with Gasteiger partial charge in [-0.3, -0.25) is 5.10 Å². The Balaban J connectivity index is 1.64. The monoisotopic (exact) mass is 368 g/mol. The quantitative estimate of drug-likeness (QED) is 0.441. The summed E-state index contributed by atoms with van der Waals surface area (Å²) in [4.78, 5) is 11.6. The zero-order valence-electron chi connectivity index (χ0n) is 15.1. The van der Waals surface area contributed by atoms with Crippen LogP contribution in [0.1, 0.15) is 29.2 Å². The average Bonchev–Trinajstić information content (AvgIpc) is 3.36. The molecule has 0 aliphatic rings. The van der Waals surface area contributed by atoms with E-state index in [1.807, 2.05) is 23.5 Å². The molecule has 3 rings (SSSR count). The maximum Gasteiger partial charge on any atom is 0.191 e. The molecule has 3 aromatic rings. The van der Waals surface area contributed by atoms with Crippen LogP contribution in [0.5, 0.6) is 0 Å². The van der Waals surface area contributed by atoms with Crippen molar-refractivity contribution in [2.24, 2.45) is 4.99 Å². The number of aromatic amines is 1. The first kappa shape index (κ1) is 18.1. The third-order valence-corrected chi connectivity index (χ3v) is 5.10. The van der Waals surface area contributed by atoms with Crippen LogP contribution < -0.4 is 10.6 Å². The van der Waals surface area contributed by atoms with Crippen molar-refractivity contribution in [3.8, 4) is 11.4 Å². The molecular formula is C19H24N6S. The lowest BCUT2D eigenvalue weighted by Gasteiger charge is -2.10. The van der Waals surface area contributed by atoms with Gasteiger partial charge in [-0.25, -0.2) is 9.98 Å². The van der Waals surface area contributed by atoms with Crippen molar-refractivity contribution in [3.63, 3.8) is 0 Å². The van der Waals surface area contributed by atoms with Crippen LogP contribution in [0.2, 0.25) is 0 Å². The van der Waals surface area contributed by atoms with Crippen LogP contribution in [0.3, 0.4) is 0 Å². The van der Waals surface area contributed by atoms with Gasteiger partial charge < -0.3 is 10.6 Å². The molecule has 0 saturated heterocycles. The molecule has 0 spiro atoms. The fraction of sp³-hybridized carbons (Fsp3) is 0.316. The summed E-state index contributed by atoms with van der Waals surface area (Å²) in [5.41, 5.74) is 2.14. The van der Waals surface area contributed by atoms with E-state index in [0.717, 1.165) is 42.4 Å². The third kappa shape index (κ3) is 4.92. The van der Waals surface area contributed by atoms with E-state index in [2.05, 4.69) is 63.9 Å². The van der Waals surface area contributed by atoms with Gasteiger partial charge in [0.2, 0.25) is 0 Å². The third-order valence-electron chi connectivity index (χ3n) is 3.88. The summed E-state index contributed by atoms with van der Waals surface area (Å²) in [6, 6.07) is 12.6. The Morgan fingerprint density at radius 3 is 2.77 bits per heavy atom. The lowest BCUT2D eigenvalue weighted by molar-refractivity contribution is 0.823. The van der Waals surface area contributed by atoms with E-state index in [-0.39, 0.29) is 0 Å². The van der Waals surface area contributed by atoms with E-state index in [1.165, 1.54) is 16.1 Å². The highest BCUT2D eigenvalue weighted by Crippen LogP contribution is 2.17. The number of benzene rings is 1. The van der Waals surface area contributed by atoms with Gasteiger partial charge in [0.05, 0.1) is 13.1 Å². The summed E-state index contributed by atoms with van der Waals surface area (Å²) in [5.74, 6) is 1.59. The van der Waals surface area contributed by atoms with Gasteiger partial charge in [0.25, 0.3) is 0 Å². The molecule has 136 valence electrons. The minimum absolute atomic E-state index is 0.599. The summed E-state index contributed by atoms with van der Waals surface area (Å²) >= 11 is 1.85. The average molecular weight is 369 g/mol. The zero-order chi connectivity index (χ0) is 18.2. The molecular weight excluding hydrogens is 344 g/mol. The summed E-state index contributed by atoms with van der Waals surface area (Å²) in [6.45, 7) is 6.47. The smallest absolute Gasteiger partial charge is 0.191 e. The number of aromatic nitrogens is 3. The van der Waals surface area contributed by atoms with Gasteiger partial charge in [0.1, 0.15) is 6.33 Å². The van der Waals surface area contributed by atoms with Crippen molar-refractivity contribution >= 4 is 17.3 Å². The summed E-state index contributed by atoms with van der Waals surface area (Å²) < 4.78 is 0. The first-order chi connectivity index (χ1) is 12.8. The van der Waals surface area contributed by atoms with Crippen LogP contribution in [0.4, 0.5) is 0 Å². The van der Waals surface area contributed by atoms with Crippen molar-refractivity contribution in [1.82, 2.24) is 25.8 Å². The number of hydrogen-bond donors (Lipinski definition) is 3. The molecule has 0 unspecified atom stereocenters. The molecule has 0 amide bonds. The Bertz CT molecular complexity index is 837. The second-order valence-corrected chi connectivity index (χ2v) is 7.06. The van der Waals surface area contributed by atoms with Crippen molar-refractivity contribution in [1.29, 1.82) is 0 Å². The Hall–Kier alpha value is -2.67. The topological polar surface area (TPSA) is 78.0 Å². The van der Waals surface area contributed by atoms with Gasteiger partial charge in [-0.1, -0.05) is 25.1 Å². The number of aryl methyl sites for hydroxylation is 1. The van der Waals surface area contributed by atoms with E-state index in [9.17, 15) is 0 Å². The largest absolute Gasteiger partial charge is 0.357 e. The molecule has 3 N–H and O–H groups in total. The predicted molar refractivity (Wildman–Crippen MR) is 107 cm³/mol. The van der Waals surface area contributed by atoms with Crippen molar-refractivity contribution < 1.29 is 0 Å². The Labute approximate surface area is 157 Å². The van der Waals surface area contributed by atoms with Crippen LogP contribution in [-0.4, -0.2) is 27.7 Å². The Morgan fingerprint density at radius 1 is 1.15 bits per heavy atom. The van der Waals surface area contributed by atoms with Crippen molar-refractivity contribution in [2.75, 3.05) is 6.54 Å². The van der Waals surface area contributed by atoms with Gasteiger partial charge in [0.15, 0.2) is 11.8 Å². The molecule has 2 heterocycles. The molecule has 0 aliphatic carbocycles. The number of nitrogens with one attached hydrogen (secondary N) is 3. The van der Waals surface area contributed by atoms with Crippen LogP contribution in [-0.2, 0) is 19.5 Å². The molecule has 0 bridgehead atoms. The fourth-order valence-corrected chi connectivity index (χ4v) is 3.45. The number of hydrogen-bond acceptors (Lipinski definition) is 4. The standard InChI is InChI=1S/C19H24N6S/c1-3-16-8-9-17(26-16)12-22-19(20-4-2)21-11-14-6-5-7-15(10-14)18-23-13-24-25-18/h5-10,13H,3-4,11-12H2,1-2H3,(H2,20,21,22)(H,23,24,25). The second kappa shape index (κ2) is 9.15. The highest BCUT2D eigenvalue weighted by molar-refractivity contribution is 7.11. The summed E-state index contributed by atoms with van der Waals surface area (Å²) in [5, 5.41) is 13.5. The van der Waals surface area contributed by atoms with E-state index < -0.39 is 0 Å². The molecule has 0 aliphatic heterocycles. The van der Waals surface area contributed by atoms with Gasteiger partial charge in [-0.2, -0.15) is 5.10 Å². The van der Waals surface area contributed by atoms with Gasteiger partial charge >= 0.3 is 0 Å². The van der Waals surface area contributed by atoms with E-state index in [4.69, 9.17) is 4.99 Å². The molecule has 0 fully saturated rings. The van der Waals surface area contributed by atoms with E-state index in [0.29, 0.717) is 6.54 Å². The highest BCUT2D eigenvalue weighted by atomic mass is 32.1. The number of rotatable bonds is 7. The van der Waals surface area contributed by atoms with Crippen LogP contribution >= 0.6 is 11.3 Å². The molecule has 7 heteroatoms. The molecule has 6 nitrogen and oxygen atoms in total. The number of guanidine groups is 1. The first-order valence-corrected chi connectivity index (χ1v) is 9.64. The van der Waals surface area contributed by atoms with Gasteiger partial charge in [-0.05, 0) is 37.1 Å². The number of thiophene rings is 1. The lowest BCUT2D eigenvalue weighted by Crippen LogP contribution is -2.36. The van der Waals surface area contributed by atoms with Crippen LogP contribution in [0.25, 0.3) is 11.4 Å². The van der Waals surface area contributed by atoms with E-state index >= 15 is 0 Å². The number of aliphatic imine (C=N–C) groups is 1. The lowest BCUT2D eigenvalue weighted by atomic mass is 10.1. The molecule has 0 radical (unpaired) electrons. The molecule has 0 saturated carbocycles. The van der Waals surface area contributed by atoms with Crippen molar-refractivity contribution in [2.45, 2.75) is 33.4 Å².